The Balaban J connectivity index is 2.54. The van der Waals surface area contributed by atoms with Gasteiger partial charge in [0.25, 0.3) is 0 Å². The number of rotatable bonds is 0. The van der Waals surface area contributed by atoms with Crippen LogP contribution in [0.2, 0.25) is 0 Å². The lowest BCUT2D eigenvalue weighted by Crippen LogP contribution is -2.05. The average molecular weight is 166 g/mol. The molecule has 0 N–H and O–H groups in total. The summed E-state index contributed by atoms with van der Waals surface area (Å²) in [6, 6.07) is 0. The number of ketones is 1. The summed E-state index contributed by atoms with van der Waals surface area (Å²) >= 11 is 5.60. The van der Waals surface area contributed by atoms with Gasteiger partial charge in [0.05, 0.1) is 16.3 Å². The topological polar surface area (TPSA) is 29.4 Å². The maximum absolute atomic E-state index is 11.2. The molecule has 0 aromatic heterocycles. The van der Waals surface area contributed by atoms with Crippen LogP contribution in [0.3, 0.4) is 0 Å². The molecule has 1 heterocycles. The number of hydrogen-bond acceptors (Lipinski definition) is 2. The summed E-state index contributed by atoms with van der Waals surface area (Å²) in [6.45, 7) is 0. The fourth-order valence-corrected chi connectivity index (χ4v) is 1.19. The summed E-state index contributed by atoms with van der Waals surface area (Å²) in [5.41, 5.74) is 1.30. The van der Waals surface area contributed by atoms with E-state index in [9.17, 15) is 4.79 Å². The zero-order valence-corrected chi connectivity index (χ0v) is 6.30. The number of Topliss-reactive ketones (excluding diaryl/α,β-unsaturated/α-hetero) is 1. The van der Waals surface area contributed by atoms with E-state index in [1.807, 2.05) is 0 Å². The Morgan fingerprint density at radius 1 is 1.27 bits per heavy atom. The van der Waals surface area contributed by atoms with Crippen molar-refractivity contribution in [2.75, 3.05) is 0 Å². The summed E-state index contributed by atoms with van der Waals surface area (Å²) < 4.78 is 0. The molecular weight excluding hydrogens is 162 g/mol. The smallest absolute Gasteiger partial charge is 0.206 e. The zero-order chi connectivity index (χ0) is 7.84. The van der Waals surface area contributed by atoms with Gasteiger partial charge in [-0.25, -0.2) is 0 Å². The minimum Gasteiger partial charge on any atom is -0.288 e. The second-order valence-electron chi connectivity index (χ2n) is 2.25. The maximum Gasteiger partial charge on any atom is 0.206 e. The highest BCUT2D eigenvalue weighted by atomic mass is 35.5. The highest BCUT2D eigenvalue weighted by Gasteiger charge is 2.21. The van der Waals surface area contributed by atoms with Crippen LogP contribution >= 0.6 is 11.6 Å². The minimum atomic E-state index is -0.137. The van der Waals surface area contributed by atoms with Crippen molar-refractivity contribution in [3.8, 4) is 0 Å². The van der Waals surface area contributed by atoms with Crippen molar-refractivity contribution in [2.45, 2.75) is 0 Å². The van der Waals surface area contributed by atoms with E-state index >= 15 is 0 Å². The van der Waals surface area contributed by atoms with Gasteiger partial charge in [-0.15, -0.1) is 0 Å². The lowest BCUT2D eigenvalue weighted by molar-refractivity contribution is -0.111. The summed E-state index contributed by atoms with van der Waals surface area (Å²) in [7, 11) is 0. The summed E-state index contributed by atoms with van der Waals surface area (Å²) in [5, 5.41) is 0.255. The first-order valence-electron chi connectivity index (χ1n) is 3.16. The van der Waals surface area contributed by atoms with Crippen molar-refractivity contribution in [3.63, 3.8) is 0 Å². The van der Waals surface area contributed by atoms with Gasteiger partial charge in [0, 0.05) is 6.21 Å². The van der Waals surface area contributed by atoms with Crippen LogP contribution in [0.4, 0.5) is 0 Å². The van der Waals surface area contributed by atoms with Gasteiger partial charge in [-0.1, -0.05) is 11.6 Å². The lowest BCUT2D eigenvalue weighted by atomic mass is 10.0. The Kier molecular flexibility index (Phi) is 1.29. The molecule has 2 aliphatic rings. The van der Waals surface area contributed by atoms with E-state index in [0.717, 1.165) is 0 Å². The van der Waals surface area contributed by atoms with E-state index in [1.54, 1.807) is 24.4 Å². The molecule has 0 bridgehead atoms. The van der Waals surface area contributed by atoms with Crippen LogP contribution in [0.15, 0.2) is 39.5 Å². The number of halogens is 1. The lowest BCUT2D eigenvalue weighted by Gasteiger charge is -2.05. The Morgan fingerprint density at radius 3 is 2.91 bits per heavy atom. The van der Waals surface area contributed by atoms with Crippen molar-refractivity contribution in [3.05, 3.63) is 34.5 Å². The van der Waals surface area contributed by atoms with Gasteiger partial charge in [-0.3, -0.25) is 9.79 Å². The highest BCUT2D eigenvalue weighted by molar-refractivity contribution is 6.46. The Bertz CT molecular complexity index is 347. The van der Waals surface area contributed by atoms with Gasteiger partial charge in [-0.2, -0.15) is 0 Å². The van der Waals surface area contributed by atoms with Crippen molar-refractivity contribution in [2.24, 2.45) is 4.99 Å². The second-order valence-corrected chi connectivity index (χ2v) is 2.66. The maximum atomic E-state index is 11.2. The van der Waals surface area contributed by atoms with Crippen LogP contribution < -0.4 is 0 Å². The third-order valence-electron chi connectivity index (χ3n) is 1.58. The molecule has 0 aromatic carbocycles. The molecule has 0 aromatic rings. The molecule has 0 spiro atoms. The quantitative estimate of drug-likeness (QED) is 0.536. The molecule has 3 heteroatoms. The fraction of sp³-hybridized carbons (Fsp3) is 0. The molecule has 54 valence electrons. The predicted molar refractivity (Wildman–Crippen MR) is 43.6 cm³/mol. The van der Waals surface area contributed by atoms with Gasteiger partial charge in [0.2, 0.25) is 5.78 Å². The molecule has 1 aliphatic heterocycles. The number of fused-ring (bicyclic) bond motifs is 1. The normalized spacial score (nSPS) is 20.8. The largest absolute Gasteiger partial charge is 0.288 e. The Hall–Kier alpha value is -1.15. The van der Waals surface area contributed by atoms with Crippen molar-refractivity contribution in [1.82, 2.24) is 0 Å². The standard InChI is InChI=1S/C8H4ClNO/c9-6-1-2-7-5(8(6)11)3-4-10-7/h1-4H. The molecule has 0 atom stereocenters. The molecule has 2 nitrogen and oxygen atoms in total. The predicted octanol–water partition coefficient (Wildman–Crippen LogP) is 1.59. The monoisotopic (exact) mass is 165 g/mol. The van der Waals surface area contributed by atoms with E-state index < -0.39 is 0 Å². The van der Waals surface area contributed by atoms with E-state index in [0.29, 0.717) is 11.3 Å². The van der Waals surface area contributed by atoms with Crippen molar-refractivity contribution in [1.29, 1.82) is 0 Å². The highest BCUT2D eigenvalue weighted by Crippen LogP contribution is 2.26. The van der Waals surface area contributed by atoms with Gasteiger partial charge < -0.3 is 0 Å². The van der Waals surface area contributed by atoms with Crippen LogP contribution in [0.5, 0.6) is 0 Å². The number of hydrogen-bond donors (Lipinski definition) is 0. The minimum absolute atomic E-state index is 0.137. The van der Waals surface area contributed by atoms with Gasteiger partial charge in [0.15, 0.2) is 0 Å². The number of nitrogens with zero attached hydrogens (tertiary/aromatic N) is 1. The van der Waals surface area contributed by atoms with E-state index in [2.05, 4.69) is 4.99 Å². The Morgan fingerprint density at radius 2 is 2.09 bits per heavy atom. The van der Waals surface area contributed by atoms with Crippen molar-refractivity contribution < 1.29 is 4.79 Å². The third kappa shape index (κ3) is 0.870. The molecule has 0 radical (unpaired) electrons. The van der Waals surface area contributed by atoms with E-state index in [1.165, 1.54) is 0 Å². The first kappa shape index (κ1) is 6.55. The number of allylic oxidation sites excluding steroid dienone is 5. The van der Waals surface area contributed by atoms with Gasteiger partial charge in [0.1, 0.15) is 0 Å². The van der Waals surface area contributed by atoms with Crippen LogP contribution in [0.25, 0.3) is 0 Å². The molecule has 1 aliphatic carbocycles. The van der Waals surface area contributed by atoms with Crippen LogP contribution in [-0.4, -0.2) is 12.0 Å². The Labute approximate surface area is 68.6 Å². The van der Waals surface area contributed by atoms with Crippen LogP contribution in [0, 0.1) is 0 Å². The molecule has 0 saturated carbocycles. The summed E-state index contributed by atoms with van der Waals surface area (Å²) in [6.07, 6.45) is 6.57. The van der Waals surface area contributed by atoms with Gasteiger partial charge >= 0.3 is 0 Å². The molecule has 0 unspecified atom stereocenters. The summed E-state index contributed by atoms with van der Waals surface area (Å²) in [5.74, 6) is -0.137. The number of carbonyl (C=O) groups excluding carboxylic acids is 1. The van der Waals surface area contributed by atoms with E-state index in [-0.39, 0.29) is 10.8 Å². The third-order valence-corrected chi connectivity index (χ3v) is 1.88. The van der Waals surface area contributed by atoms with E-state index in [4.69, 9.17) is 11.6 Å². The summed E-state index contributed by atoms with van der Waals surface area (Å²) in [4.78, 5) is 15.2. The average Bonchev–Trinajstić information content (AvgIpc) is 2.45. The molecule has 0 amide bonds. The fourth-order valence-electron chi connectivity index (χ4n) is 1.03. The van der Waals surface area contributed by atoms with Crippen LogP contribution in [-0.2, 0) is 4.79 Å². The molecule has 2 rings (SSSR count). The second kappa shape index (κ2) is 2.17. The zero-order valence-electron chi connectivity index (χ0n) is 5.54. The first-order chi connectivity index (χ1) is 5.29. The number of aliphatic imine (C=N–C) groups is 1. The molecule has 0 saturated heterocycles. The molecule has 0 fully saturated rings. The number of carbonyl (C=O) groups is 1. The molecule has 11 heavy (non-hydrogen) atoms. The van der Waals surface area contributed by atoms with Crippen LogP contribution in [0.1, 0.15) is 0 Å². The SMILES string of the molecule is O=C1C(Cl)=CC=C2N=CC=C12. The van der Waals surface area contributed by atoms with Crippen molar-refractivity contribution >= 4 is 23.6 Å². The van der Waals surface area contributed by atoms with Gasteiger partial charge in [-0.05, 0) is 18.2 Å². The first-order valence-corrected chi connectivity index (χ1v) is 3.54. The molecular formula is C8H4ClNO.